The van der Waals surface area contributed by atoms with Crippen LogP contribution in [0.1, 0.15) is 31.6 Å². The van der Waals surface area contributed by atoms with E-state index in [-0.39, 0.29) is 11.8 Å². The van der Waals surface area contributed by atoms with Crippen molar-refractivity contribution in [3.05, 3.63) is 36.6 Å². The summed E-state index contributed by atoms with van der Waals surface area (Å²) in [5.41, 5.74) is 1.61. The van der Waals surface area contributed by atoms with Gasteiger partial charge < -0.3 is 14.5 Å². The van der Waals surface area contributed by atoms with E-state index in [1.807, 2.05) is 19.1 Å². The Morgan fingerprint density at radius 3 is 2.58 bits per heavy atom. The van der Waals surface area contributed by atoms with Crippen LogP contribution in [0, 0.1) is 12.8 Å². The van der Waals surface area contributed by atoms with Gasteiger partial charge in [0.15, 0.2) is 11.7 Å². The second-order valence-corrected chi connectivity index (χ2v) is 8.37. The zero-order valence-electron chi connectivity index (χ0n) is 17.7. The van der Waals surface area contributed by atoms with Crippen LogP contribution in [0.15, 0.2) is 35.1 Å². The Kier molecular flexibility index (Phi) is 5.65. The first-order valence-corrected chi connectivity index (χ1v) is 11.0. The monoisotopic (exact) mass is 421 g/mol. The Bertz CT molecular complexity index is 1070. The van der Waals surface area contributed by atoms with Gasteiger partial charge >= 0.3 is 0 Å². The van der Waals surface area contributed by atoms with Gasteiger partial charge in [0, 0.05) is 49.1 Å². The second kappa shape index (κ2) is 8.72. The van der Waals surface area contributed by atoms with Gasteiger partial charge in [-0.05, 0) is 37.8 Å². The molecule has 0 spiro atoms. The number of anilines is 1. The molecular weight excluding hydrogens is 394 g/mol. The Morgan fingerprint density at radius 1 is 1.03 bits per heavy atom. The summed E-state index contributed by atoms with van der Waals surface area (Å²) < 4.78 is 11.1. The van der Waals surface area contributed by atoms with E-state index in [9.17, 15) is 4.79 Å². The summed E-state index contributed by atoms with van der Waals surface area (Å²) in [4.78, 5) is 28.4. The van der Waals surface area contributed by atoms with Crippen molar-refractivity contribution < 1.29 is 13.9 Å². The molecule has 4 heterocycles. The number of carbonyl (C=O) groups is 1. The van der Waals surface area contributed by atoms with E-state index in [1.54, 1.807) is 18.6 Å². The summed E-state index contributed by atoms with van der Waals surface area (Å²) in [6, 6.07) is 4.43. The van der Waals surface area contributed by atoms with Gasteiger partial charge in [0.05, 0.1) is 31.1 Å². The molecule has 162 valence electrons. The number of nitrogens with zero attached hydrogens (tertiary/aromatic N) is 4. The molecule has 1 aliphatic heterocycles. The third kappa shape index (κ3) is 4.45. The molecule has 0 radical (unpaired) electrons. The summed E-state index contributed by atoms with van der Waals surface area (Å²) in [5.74, 6) is 1.94. The number of nitrogens with one attached hydrogen (secondary N) is 1. The standard InChI is InChI=1S/C23H27N5O3/c1-15-24-14-21(31-15)18-10-17-11-22(26-13-20(17)25-12-18)27-23(29)16-2-4-19(5-3-16)28-6-8-30-9-7-28/h10-14,16,19H,2-9H2,1H3,(H,26,27,29)/t16-,19-. The van der Waals surface area contributed by atoms with Crippen molar-refractivity contribution in [2.24, 2.45) is 5.92 Å². The first-order chi connectivity index (χ1) is 15.2. The summed E-state index contributed by atoms with van der Waals surface area (Å²) in [7, 11) is 0. The molecule has 0 bridgehead atoms. The van der Waals surface area contributed by atoms with E-state index >= 15 is 0 Å². The van der Waals surface area contributed by atoms with Crippen LogP contribution >= 0.6 is 0 Å². The van der Waals surface area contributed by atoms with E-state index in [0.29, 0.717) is 23.5 Å². The second-order valence-electron chi connectivity index (χ2n) is 8.37. The number of hydrogen-bond donors (Lipinski definition) is 1. The van der Waals surface area contributed by atoms with Gasteiger partial charge in [-0.2, -0.15) is 0 Å². The van der Waals surface area contributed by atoms with Crippen LogP contribution in [0.4, 0.5) is 5.82 Å². The number of morpholine rings is 1. The van der Waals surface area contributed by atoms with Crippen LogP contribution in [0.2, 0.25) is 0 Å². The zero-order chi connectivity index (χ0) is 21.2. The number of ether oxygens (including phenoxy) is 1. The molecule has 1 saturated carbocycles. The van der Waals surface area contributed by atoms with Crippen LogP contribution in [0.5, 0.6) is 0 Å². The van der Waals surface area contributed by atoms with Crippen molar-refractivity contribution in [2.75, 3.05) is 31.6 Å². The van der Waals surface area contributed by atoms with Crippen molar-refractivity contribution in [2.45, 2.75) is 38.6 Å². The van der Waals surface area contributed by atoms with E-state index < -0.39 is 0 Å². The molecule has 0 atom stereocenters. The lowest BCUT2D eigenvalue weighted by Crippen LogP contribution is -2.45. The highest BCUT2D eigenvalue weighted by atomic mass is 16.5. The number of rotatable bonds is 4. The Labute approximate surface area is 181 Å². The molecule has 1 saturated heterocycles. The third-order valence-corrected chi connectivity index (χ3v) is 6.35. The molecule has 31 heavy (non-hydrogen) atoms. The smallest absolute Gasteiger partial charge is 0.228 e. The van der Waals surface area contributed by atoms with Gasteiger partial charge in [0.1, 0.15) is 5.82 Å². The van der Waals surface area contributed by atoms with E-state index in [1.165, 1.54) is 0 Å². The van der Waals surface area contributed by atoms with Gasteiger partial charge in [-0.1, -0.05) is 0 Å². The van der Waals surface area contributed by atoms with Crippen molar-refractivity contribution >= 4 is 22.6 Å². The molecule has 2 aliphatic rings. The minimum Gasteiger partial charge on any atom is -0.441 e. The minimum absolute atomic E-state index is 0.0383. The zero-order valence-corrected chi connectivity index (χ0v) is 17.7. The highest BCUT2D eigenvalue weighted by molar-refractivity contribution is 5.94. The SMILES string of the molecule is Cc1ncc(-c2cnc3cnc(NC(=O)[C@H]4CC[C@H](N5CCOCC5)CC4)cc3c2)o1. The maximum atomic E-state index is 12.9. The Morgan fingerprint density at radius 2 is 1.84 bits per heavy atom. The topological polar surface area (TPSA) is 93.4 Å². The summed E-state index contributed by atoms with van der Waals surface area (Å²) in [6.45, 7) is 5.46. The van der Waals surface area contributed by atoms with Gasteiger partial charge in [-0.15, -0.1) is 0 Å². The van der Waals surface area contributed by atoms with Crippen LogP contribution < -0.4 is 5.32 Å². The van der Waals surface area contributed by atoms with E-state index in [4.69, 9.17) is 9.15 Å². The van der Waals surface area contributed by atoms with E-state index in [2.05, 4.69) is 25.2 Å². The Hall–Kier alpha value is -2.84. The molecule has 8 heteroatoms. The third-order valence-electron chi connectivity index (χ3n) is 6.35. The quantitative estimate of drug-likeness (QED) is 0.690. The van der Waals surface area contributed by atoms with Crippen LogP contribution in [0.3, 0.4) is 0 Å². The predicted molar refractivity (Wildman–Crippen MR) is 117 cm³/mol. The fraction of sp³-hybridized carbons (Fsp3) is 0.478. The molecule has 5 rings (SSSR count). The van der Waals surface area contributed by atoms with E-state index in [0.717, 1.165) is 68.5 Å². The van der Waals surface area contributed by atoms with Crippen molar-refractivity contribution in [3.63, 3.8) is 0 Å². The molecule has 0 unspecified atom stereocenters. The van der Waals surface area contributed by atoms with Crippen LogP contribution in [-0.4, -0.2) is 58.1 Å². The van der Waals surface area contributed by atoms with Crippen molar-refractivity contribution in [1.82, 2.24) is 19.9 Å². The van der Waals surface area contributed by atoms with Crippen LogP contribution in [-0.2, 0) is 9.53 Å². The fourth-order valence-electron chi connectivity index (χ4n) is 4.60. The summed E-state index contributed by atoms with van der Waals surface area (Å²) >= 11 is 0. The number of hydrogen-bond acceptors (Lipinski definition) is 7. The molecule has 2 fully saturated rings. The molecule has 0 aromatic carbocycles. The lowest BCUT2D eigenvalue weighted by Gasteiger charge is -2.38. The maximum Gasteiger partial charge on any atom is 0.228 e. The molecule has 3 aromatic heterocycles. The lowest BCUT2D eigenvalue weighted by molar-refractivity contribution is -0.121. The van der Waals surface area contributed by atoms with Gasteiger partial charge in [-0.25, -0.2) is 9.97 Å². The summed E-state index contributed by atoms with van der Waals surface area (Å²) in [5, 5.41) is 3.91. The highest BCUT2D eigenvalue weighted by Gasteiger charge is 2.30. The molecule has 1 N–H and O–H groups in total. The number of aromatic nitrogens is 3. The number of fused-ring (bicyclic) bond motifs is 1. The molecule has 1 amide bonds. The minimum atomic E-state index is 0.0383. The van der Waals surface area contributed by atoms with Crippen LogP contribution in [0.25, 0.3) is 22.2 Å². The molecular formula is C23H27N5O3. The predicted octanol–water partition coefficient (Wildman–Crippen LogP) is 3.42. The lowest BCUT2D eigenvalue weighted by atomic mass is 9.84. The highest BCUT2D eigenvalue weighted by Crippen LogP contribution is 2.29. The number of carbonyl (C=O) groups excluding carboxylic acids is 1. The average molecular weight is 422 g/mol. The number of oxazole rings is 1. The number of pyridine rings is 2. The average Bonchev–Trinajstić information content (AvgIpc) is 3.25. The number of amides is 1. The molecule has 3 aromatic rings. The normalized spacial score (nSPS) is 22.5. The van der Waals surface area contributed by atoms with Gasteiger partial charge in [0.25, 0.3) is 0 Å². The van der Waals surface area contributed by atoms with Crippen molar-refractivity contribution in [3.8, 4) is 11.3 Å². The molecule has 8 nitrogen and oxygen atoms in total. The largest absolute Gasteiger partial charge is 0.441 e. The first kappa shape index (κ1) is 20.1. The summed E-state index contributed by atoms with van der Waals surface area (Å²) in [6.07, 6.45) is 9.08. The first-order valence-electron chi connectivity index (χ1n) is 11.0. The van der Waals surface area contributed by atoms with Gasteiger partial charge in [0.2, 0.25) is 5.91 Å². The fourth-order valence-corrected chi connectivity index (χ4v) is 4.60. The molecule has 1 aliphatic carbocycles. The van der Waals surface area contributed by atoms with Gasteiger partial charge in [-0.3, -0.25) is 14.7 Å². The van der Waals surface area contributed by atoms with Crippen molar-refractivity contribution in [1.29, 1.82) is 0 Å². The number of aryl methyl sites for hydroxylation is 1. The Balaban J connectivity index is 1.24. The maximum absolute atomic E-state index is 12.9.